The van der Waals surface area contributed by atoms with Gasteiger partial charge in [0.1, 0.15) is 6.61 Å². The van der Waals surface area contributed by atoms with Crippen molar-refractivity contribution in [3.63, 3.8) is 0 Å². The van der Waals surface area contributed by atoms with Gasteiger partial charge in [-0.2, -0.15) is 5.10 Å². The average molecular weight is 417 g/mol. The molecule has 0 atom stereocenters. The number of allylic oxidation sites excluding steroid dienone is 1. The predicted octanol–water partition coefficient (Wildman–Crippen LogP) is 4.24. The molecule has 2 rings (SSSR count). The molecule has 0 heterocycles. The highest BCUT2D eigenvalue weighted by Gasteiger charge is 2.12. The van der Waals surface area contributed by atoms with Crippen LogP contribution in [0.2, 0.25) is 0 Å². The van der Waals surface area contributed by atoms with Crippen LogP contribution >= 0.6 is 15.9 Å². The van der Waals surface area contributed by atoms with Crippen molar-refractivity contribution in [2.75, 3.05) is 7.11 Å². The molecule has 0 radical (unpaired) electrons. The van der Waals surface area contributed by atoms with Crippen LogP contribution in [0.3, 0.4) is 0 Å². The van der Waals surface area contributed by atoms with E-state index in [-0.39, 0.29) is 5.91 Å². The third kappa shape index (κ3) is 5.74. The number of halogens is 1. The Morgan fingerprint density at radius 3 is 2.65 bits per heavy atom. The number of hydrogen-bond acceptors (Lipinski definition) is 4. The Morgan fingerprint density at radius 2 is 2.04 bits per heavy atom. The predicted molar refractivity (Wildman–Crippen MR) is 107 cm³/mol. The van der Waals surface area contributed by atoms with E-state index >= 15 is 0 Å². The topological polar surface area (TPSA) is 59.9 Å². The van der Waals surface area contributed by atoms with Crippen LogP contribution in [0.15, 0.2) is 58.6 Å². The number of nitrogens with one attached hydrogen (secondary N) is 1. The lowest BCUT2D eigenvalue weighted by atomic mass is 10.1. The van der Waals surface area contributed by atoms with Gasteiger partial charge in [-0.15, -0.1) is 6.58 Å². The number of nitrogens with zero attached hydrogens (tertiary/aromatic N) is 1. The van der Waals surface area contributed by atoms with Crippen LogP contribution in [-0.4, -0.2) is 19.2 Å². The zero-order valence-electron chi connectivity index (χ0n) is 14.8. The van der Waals surface area contributed by atoms with Gasteiger partial charge in [-0.25, -0.2) is 5.43 Å². The van der Waals surface area contributed by atoms with Gasteiger partial charge >= 0.3 is 0 Å². The third-order valence-corrected chi connectivity index (χ3v) is 4.00. The Labute approximate surface area is 161 Å². The number of rotatable bonds is 8. The van der Waals surface area contributed by atoms with Crippen LogP contribution in [-0.2, 0) is 17.8 Å². The molecule has 26 heavy (non-hydrogen) atoms. The van der Waals surface area contributed by atoms with E-state index in [1.165, 1.54) is 6.92 Å². The van der Waals surface area contributed by atoms with Crippen molar-refractivity contribution in [1.82, 2.24) is 5.43 Å². The molecule has 0 unspecified atom stereocenters. The summed E-state index contributed by atoms with van der Waals surface area (Å²) in [6, 6.07) is 11.7. The maximum atomic E-state index is 10.9. The zero-order valence-corrected chi connectivity index (χ0v) is 16.4. The molecular formula is C20H21BrN2O3. The lowest BCUT2D eigenvalue weighted by Crippen LogP contribution is -2.12. The molecule has 0 spiro atoms. The van der Waals surface area contributed by atoms with Crippen molar-refractivity contribution in [3.05, 3.63) is 70.2 Å². The monoisotopic (exact) mass is 416 g/mol. The van der Waals surface area contributed by atoms with E-state index in [9.17, 15) is 4.79 Å². The fraction of sp³-hybridized carbons (Fsp3) is 0.200. The average Bonchev–Trinajstić information content (AvgIpc) is 2.61. The molecule has 0 saturated carbocycles. The van der Waals surface area contributed by atoms with Crippen molar-refractivity contribution >= 4 is 28.1 Å². The van der Waals surface area contributed by atoms with Gasteiger partial charge in [-0.05, 0) is 41.8 Å². The molecular weight excluding hydrogens is 396 g/mol. The van der Waals surface area contributed by atoms with E-state index in [2.05, 4.69) is 33.0 Å². The zero-order chi connectivity index (χ0) is 18.9. The number of benzene rings is 2. The summed E-state index contributed by atoms with van der Waals surface area (Å²) in [6.07, 6.45) is 3.98. The lowest BCUT2D eigenvalue weighted by Gasteiger charge is -2.16. The Balaban J connectivity index is 2.27. The Hall–Kier alpha value is -2.60. The fourth-order valence-corrected chi connectivity index (χ4v) is 2.58. The molecule has 5 nitrogen and oxygen atoms in total. The van der Waals surface area contributed by atoms with Crippen molar-refractivity contribution in [2.24, 2.45) is 5.10 Å². The van der Waals surface area contributed by atoms with E-state index < -0.39 is 0 Å². The summed E-state index contributed by atoms with van der Waals surface area (Å²) in [6.45, 7) is 5.63. The minimum Gasteiger partial charge on any atom is -0.493 e. The molecule has 6 heteroatoms. The molecule has 0 aliphatic rings. The van der Waals surface area contributed by atoms with E-state index in [4.69, 9.17) is 9.47 Å². The molecule has 0 bridgehead atoms. The molecule has 1 amide bonds. The van der Waals surface area contributed by atoms with Crippen molar-refractivity contribution < 1.29 is 14.3 Å². The molecule has 2 aromatic rings. The highest BCUT2D eigenvalue weighted by atomic mass is 79.9. The standard InChI is InChI=1S/C20H21BrN2O3/c1-4-5-17-10-16(12-22-23-14(2)24)11-19(25-3)20(17)26-13-15-6-8-18(21)9-7-15/h4,6-12H,1,5,13H2,2-3H3,(H,23,24)/b22-12-. The van der Waals surface area contributed by atoms with Gasteiger partial charge in [0.2, 0.25) is 5.91 Å². The molecule has 0 aliphatic carbocycles. The summed E-state index contributed by atoms with van der Waals surface area (Å²) in [5.41, 5.74) is 5.16. The number of hydrazone groups is 1. The molecule has 0 fully saturated rings. The Kier molecular flexibility index (Phi) is 7.41. The number of carbonyl (C=O) groups excluding carboxylic acids is 1. The number of amides is 1. The normalized spacial score (nSPS) is 10.6. The first kappa shape index (κ1) is 19.7. The Bertz CT molecular complexity index is 801. The largest absolute Gasteiger partial charge is 0.493 e. The lowest BCUT2D eigenvalue weighted by molar-refractivity contribution is -0.118. The SMILES string of the molecule is C=CCc1cc(/C=N\NC(C)=O)cc(OC)c1OCc1ccc(Br)cc1. The van der Waals surface area contributed by atoms with Crippen molar-refractivity contribution in [1.29, 1.82) is 0 Å². The first-order chi connectivity index (χ1) is 12.5. The van der Waals surface area contributed by atoms with Crippen LogP contribution in [0.5, 0.6) is 11.5 Å². The second-order valence-electron chi connectivity index (χ2n) is 5.55. The number of carbonyl (C=O) groups is 1. The van der Waals surface area contributed by atoms with Crippen LogP contribution in [0, 0.1) is 0 Å². The minimum absolute atomic E-state index is 0.228. The van der Waals surface area contributed by atoms with Crippen molar-refractivity contribution in [2.45, 2.75) is 20.0 Å². The van der Waals surface area contributed by atoms with Gasteiger partial charge in [-0.3, -0.25) is 4.79 Å². The number of methoxy groups -OCH3 is 1. The third-order valence-electron chi connectivity index (χ3n) is 3.47. The quantitative estimate of drug-likeness (QED) is 0.397. The fourth-order valence-electron chi connectivity index (χ4n) is 2.31. The molecule has 0 aliphatic heterocycles. The molecule has 2 aromatic carbocycles. The number of ether oxygens (including phenoxy) is 2. The molecule has 136 valence electrons. The van der Waals surface area contributed by atoms with E-state index in [0.717, 1.165) is 21.2 Å². The number of hydrogen-bond donors (Lipinski definition) is 1. The van der Waals surface area contributed by atoms with Gasteiger partial charge in [0.05, 0.1) is 13.3 Å². The smallest absolute Gasteiger partial charge is 0.236 e. The summed E-state index contributed by atoms with van der Waals surface area (Å²) in [5, 5.41) is 3.90. The molecule has 0 saturated heterocycles. The van der Waals surface area contributed by atoms with Crippen LogP contribution in [0.4, 0.5) is 0 Å². The highest BCUT2D eigenvalue weighted by molar-refractivity contribution is 9.10. The highest BCUT2D eigenvalue weighted by Crippen LogP contribution is 2.34. The van der Waals surface area contributed by atoms with Crippen LogP contribution in [0.25, 0.3) is 0 Å². The van der Waals surface area contributed by atoms with Crippen LogP contribution < -0.4 is 14.9 Å². The van der Waals surface area contributed by atoms with Gasteiger partial charge in [0.15, 0.2) is 11.5 Å². The second kappa shape index (κ2) is 9.77. The summed E-state index contributed by atoms with van der Waals surface area (Å²) >= 11 is 3.42. The Morgan fingerprint density at radius 1 is 1.31 bits per heavy atom. The second-order valence-corrected chi connectivity index (χ2v) is 6.46. The van der Waals surface area contributed by atoms with E-state index in [1.54, 1.807) is 19.4 Å². The molecule has 1 N–H and O–H groups in total. The summed E-state index contributed by atoms with van der Waals surface area (Å²) in [5.74, 6) is 1.05. The van der Waals surface area contributed by atoms with Gasteiger partial charge < -0.3 is 9.47 Å². The van der Waals surface area contributed by atoms with Gasteiger partial charge in [0, 0.05) is 17.0 Å². The van der Waals surface area contributed by atoms with Gasteiger partial charge in [-0.1, -0.05) is 34.1 Å². The summed E-state index contributed by atoms with van der Waals surface area (Å²) in [4.78, 5) is 10.9. The first-order valence-electron chi connectivity index (χ1n) is 8.02. The summed E-state index contributed by atoms with van der Waals surface area (Å²) < 4.78 is 12.5. The van der Waals surface area contributed by atoms with Crippen molar-refractivity contribution in [3.8, 4) is 11.5 Å². The first-order valence-corrected chi connectivity index (χ1v) is 8.81. The van der Waals surface area contributed by atoms with Gasteiger partial charge in [0.25, 0.3) is 0 Å². The maximum Gasteiger partial charge on any atom is 0.236 e. The minimum atomic E-state index is -0.228. The molecule has 0 aromatic heterocycles. The maximum absolute atomic E-state index is 10.9. The summed E-state index contributed by atoms with van der Waals surface area (Å²) in [7, 11) is 1.59. The van der Waals surface area contributed by atoms with Crippen LogP contribution in [0.1, 0.15) is 23.6 Å². The van der Waals surface area contributed by atoms with E-state index in [0.29, 0.717) is 24.5 Å². The van der Waals surface area contributed by atoms with E-state index in [1.807, 2.05) is 36.4 Å².